The Kier molecular flexibility index (Phi) is 5.71. The van der Waals surface area contributed by atoms with E-state index in [2.05, 4.69) is 58.0 Å². The number of likely N-dealkylation sites (N-methyl/N-ethyl adjacent to an activating group) is 1. The molecule has 3 rings (SSSR count). The number of H-pyrrole nitrogens is 1. The topological polar surface area (TPSA) is 52.2 Å². The number of hydrogen-bond acceptors (Lipinski definition) is 5. The minimum Gasteiger partial charge on any atom is -0.304 e. The number of aromatic amines is 1. The summed E-state index contributed by atoms with van der Waals surface area (Å²) in [4.78, 5) is 24.2. The zero-order chi connectivity index (χ0) is 16.9. The van der Waals surface area contributed by atoms with Gasteiger partial charge in [0.05, 0.1) is 0 Å². The highest BCUT2D eigenvalue weighted by Crippen LogP contribution is 2.18. The molecule has 1 aromatic carbocycles. The first-order valence-electron chi connectivity index (χ1n) is 8.27. The van der Waals surface area contributed by atoms with E-state index in [1.807, 2.05) is 0 Å². The number of piperazine rings is 1. The van der Waals surface area contributed by atoms with Gasteiger partial charge >= 0.3 is 0 Å². The van der Waals surface area contributed by atoms with Crippen molar-refractivity contribution < 1.29 is 0 Å². The second-order valence-corrected chi connectivity index (χ2v) is 7.36. The molecular weight excluding hydrogens is 320 g/mol. The van der Waals surface area contributed by atoms with E-state index in [-0.39, 0.29) is 5.56 Å². The maximum atomic E-state index is 12.3. The monoisotopic (exact) mass is 344 g/mol. The van der Waals surface area contributed by atoms with Crippen LogP contribution in [0.4, 0.5) is 0 Å². The van der Waals surface area contributed by atoms with E-state index in [0.717, 1.165) is 37.5 Å². The van der Waals surface area contributed by atoms with E-state index in [0.29, 0.717) is 11.7 Å². The van der Waals surface area contributed by atoms with Gasteiger partial charge in [-0.1, -0.05) is 41.6 Å². The number of nitrogens with zero attached hydrogens (tertiary/aromatic N) is 3. The molecule has 0 unspecified atom stereocenters. The summed E-state index contributed by atoms with van der Waals surface area (Å²) in [6.45, 7) is 6.86. The molecule has 6 heteroatoms. The van der Waals surface area contributed by atoms with Crippen LogP contribution < -0.4 is 5.56 Å². The summed E-state index contributed by atoms with van der Waals surface area (Å²) in [6, 6.07) is 8.43. The van der Waals surface area contributed by atoms with E-state index in [4.69, 9.17) is 0 Å². The van der Waals surface area contributed by atoms with E-state index >= 15 is 0 Å². The van der Waals surface area contributed by atoms with E-state index in [1.165, 1.54) is 11.1 Å². The molecule has 1 aliphatic heterocycles. The predicted molar refractivity (Wildman–Crippen MR) is 98.4 cm³/mol. The smallest absolute Gasteiger partial charge is 0.256 e. The third kappa shape index (κ3) is 4.69. The molecule has 1 aromatic heterocycles. The molecule has 128 valence electrons. The highest BCUT2D eigenvalue weighted by Gasteiger charge is 2.15. The Bertz CT molecular complexity index is 721. The van der Waals surface area contributed by atoms with Crippen molar-refractivity contribution in [2.45, 2.75) is 24.4 Å². The van der Waals surface area contributed by atoms with Gasteiger partial charge in [-0.3, -0.25) is 9.69 Å². The average Bonchev–Trinajstić information content (AvgIpc) is 2.58. The summed E-state index contributed by atoms with van der Waals surface area (Å²) in [5.74, 6) is 0.807. The average molecular weight is 344 g/mol. The number of aromatic nitrogens is 2. The third-order valence-corrected chi connectivity index (χ3v) is 5.29. The van der Waals surface area contributed by atoms with Gasteiger partial charge in [0, 0.05) is 50.2 Å². The Morgan fingerprint density at radius 3 is 2.54 bits per heavy atom. The molecule has 0 spiro atoms. The van der Waals surface area contributed by atoms with Crippen molar-refractivity contribution >= 4 is 11.8 Å². The lowest BCUT2D eigenvalue weighted by Gasteiger charge is -2.32. The first kappa shape index (κ1) is 17.2. The van der Waals surface area contributed by atoms with Crippen molar-refractivity contribution in [3.05, 3.63) is 57.5 Å². The first-order valence-corrected chi connectivity index (χ1v) is 9.26. The quantitative estimate of drug-likeness (QED) is 0.665. The van der Waals surface area contributed by atoms with Crippen LogP contribution in [-0.2, 0) is 12.3 Å². The molecule has 0 radical (unpaired) electrons. The lowest BCUT2D eigenvalue weighted by molar-refractivity contribution is 0.147. The Morgan fingerprint density at radius 2 is 1.88 bits per heavy atom. The minimum absolute atomic E-state index is 0.0182. The second kappa shape index (κ2) is 7.96. The fraction of sp³-hybridized carbons (Fsp3) is 0.444. The van der Waals surface area contributed by atoms with Gasteiger partial charge in [0.1, 0.15) is 0 Å². The van der Waals surface area contributed by atoms with E-state index < -0.39 is 0 Å². The normalized spacial score (nSPS) is 16.4. The Morgan fingerprint density at radius 1 is 1.17 bits per heavy atom. The summed E-state index contributed by atoms with van der Waals surface area (Å²) in [7, 11) is 2.13. The highest BCUT2D eigenvalue weighted by atomic mass is 32.2. The molecule has 2 heterocycles. The molecule has 24 heavy (non-hydrogen) atoms. The number of benzene rings is 1. The molecule has 1 fully saturated rings. The van der Waals surface area contributed by atoms with Gasteiger partial charge in [-0.25, -0.2) is 4.98 Å². The minimum atomic E-state index is -0.0182. The molecule has 0 amide bonds. The SMILES string of the molecule is Cc1ccc(CSc2ncc(CN3CCN(C)CC3)c(=O)[nH]2)cc1. The molecule has 5 nitrogen and oxygen atoms in total. The molecule has 1 aliphatic rings. The van der Waals surface area contributed by atoms with Gasteiger partial charge in [-0.2, -0.15) is 0 Å². The van der Waals surface area contributed by atoms with Crippen molar-refractivity contribution in [2.24, 2.45) is 0 Å². The number of nitrogens with one attached hydrogen (secondary N) is 1. The van der Waals surface area contributed by atoms with Crippen LogP contribution >= 0.6 is 11.8 Å². The van der Waals surface area contributed by atoms with Crippen molar-refractivity contribution in [1.82, 2.24) is 19.8 Å². The van der Waals surface area contributed by atoms with Crippen LogP contribution in [0.1, 0.15) is 16.7 Å². The first-order chi connectivity index (χ1) is 11.6. The molecular formula is C18H24N4OS. The Hall–Kier alpha value is -1.63. The van der Waals surface area contributed by atoms with Crippen molar-refractivity contribution in [3.8, 4) is 0 Å². The summed E-state index contributed by atoms with van der Waals surface area (Å²) >= 11 is 1.56. The van der Waals surface area contributed by atoms with E-state index in [1.54, 1.807) is 18.0 Å². The van der Waals surface area contributed by atoms with Gasteiger partial charge in [0.15, 0.2) is 5.16 Å². The number of hydrogen-bond donors (Lipinski definition) is 1. The third-order valence-electron chi connectivity index (χ3n) is 4.34. The second-order valence-electron chi connectivity index (χ2n) is 6.40. The van der Waals surface area contributed by atoms with Crippen LogP contribution in [0.3, 0.4) is 0 Å². The largest absolute Gasteiger partial charge is 0.304 e. The summed E-state index contributed by atoms with van der Waals surface area (Å²) in [5, 5.41) is 0.683. The predicted octanol–water partition coefficient (Wildman–Crippen LogP) is 2.12. The zero-order valence-electron chi connectivity index (χ0n) is 14.3. The van der Waals surface area contributed by atoms with Gasteiger partial charge in [-0.15, -0.1) is 0 Å². The van der Waals surface area contributed by atoms with Crippen LogP contribution in [0.15, 0.2) is 40.4 Å². The molecule has 0 atom stereocenters. The molecule has 0 saturated carbocycles. The summed E-state index contributed by atoms with van der Waals surface area (Å²) in [5.41, 5.74) is 3.22. The lowest BCUT2D eigenvalue weighted by Crippen LogP contribution is -2.44. The maximum Gasteiger partial charge on any atom is 0.256 e. The molecule has 2 aromatic rings. The molecule has 0 aliphatic carbocycles. The molecule has 1 N–H and O–H groups in total. The van der Waals surface area contributed by atoms with Crippen LogP contribution in [0.2, 0.25) is 0 Å². The fourth-order valence-electron chi connectivity index (χ4n) is 2.67. The van der Waals surface area contributed by atoms with Crippen LogP contribution in [0, 0.1) is 6.92 Å². The number of aryl methyl sites for hydroxylation is 1. The maximum absolute atomic E-state index is 12.3. The standard InChI is InChI=1S/C18H24N4OS/c1-14-3-5-15(6-4-14)13-24-18-19-11-16(17(23)20-18)12-22-9-7-21(2)8-10-22/h3-6,11H,7-10,12-13H2,1-2H3,(H,19,20,23). The van der Waals surface area contributed by atoms with Crippen LogP contribution in [0.5, 0.6) is 0 Å². The van der Waals surface area contributed by atoms with Crippen LogP contribution in [0.25, 0.3) is 0 Å². The van der Waals surface area contributed by atoms with Gasteiger partial charge in [-0.05, 0) is 19.5 Å². The van der Waals surface area contributed by atoms with E-state index in [9.17, 15) is 4.79 Å². The van der Waals surface area contributed by atoms with Crippen molar-refractivity contribution in [3.63, 3.8) is 0 Å². The van der Waals surface area contributed by atoms with Gasteiger partial charge < -0.3 is 9.88 Å². The lowest BCUT2D eigenvalue weighted by atomic mass is 10.2. The zero-order valence-corrected chi connectivity index (χ0v) is 15.1. The Labute approximate surface area is 147 Å². The van der Waals surface area contributed by atoms with Crippen molar-refractivity contribution in [2.75, 3.05) is 33.2 Å². The fourth-order valence-corrected chi connectivity index (χ4v) is 3.46. The van der Waals surface area contributed by atoms with Gasteiger partial charge in [0.2, 0.25) is 0 Å². The summed E-state index contributed by atoms with van der Waals surface area (Å²) < 4.78 is 0. The van der Waals surface area contributed by atoms with Gasteiger partial charge in [0.25, 0.3) is 5.56 Å². The highest BCUT2D eigenvalue weighted by molar-refractivity contribution is 7.98. The number of rotatable bonds is 5. The molecule has 1 saturated heterocycles. The Balaban J connectivity index is 1.58. The summed E-state index contributed by atoms with van der Waals surface area (Å²) in [6.07, 6.45) is 1.73. The van der Waals surface area contributed by atoms with Crippen LogP contribution in [-0.4, -0.2) is 53.0 Å². The number of thioether (sulfide) groups is 1. The van der Waals surface area contributed by atoms with Crippen molar-refractivity contribution in [1.29, 1.82) is 0 Å². The molecule has 0 bridgehead atoms.